The monoisotopic (exact) mass is 683 g/mol. The number of benzene rings is 3. The first kappa shape index (κ1) is 34.9. The molecule has 11 heteroatoms. The molecule has 1 saturated heterocycles. The fourth-order valence-electron chi connectivity index (χ4n) is 6.83. The Morgan fingerprint density at radius 1 is 0.980 bits per heavy atom. The van der Waals surface area contributed by atoms with E-state index in [2.05, 4.69) is 6.07 Å². The SMILES string of the molecule is COCCCN1C(=O)COc2ccc(N(C(=O)[C@H]3CN(C(=O)OC(C)(C)C)CC[C@@H]3c3cccc(-c4ccc(C(=O)O)cc4)c3)C3CC3)cc21. The first-order valence-electron chi connectivity index (χ1n) is 17.2. The van der Waals surface area contributed by atoms with Crippen LogP contribution >= 0.6 is 0 Å². The van der Waals surface area contributed by atoms with Crippen LogP contribution in [0.3, 0.4) is 0 Å². The normalized spacial score (nSPS) is 19.0. The zero-order valence-corrected chi connectivity index (χ0v) is 29.1. The van der Waals surface area contributed by atoms with Crippen LogP contribution in [0.4, 0.5) is 16.2 Å². The fraction of sp³-hybridized carbons (Fsp3) is 0.436. The predicted octanol–water partition coefficient (Wildman–Crippen LogP) is 6.35. The van der Waals surface area contributed by atoms with Gasteiger partial charge in [-0.3, -0.25) is 9.59 Å². The van der Waals surface area contributed by atoms with Crippen LogP contribution in [0, 0.1) is 5.92 Å². The molecule has 2 atom stereocenters. The minimum absolute atomic E-state index is 0.000612. The third-order valence-corrected chi connectivity index (χ3v) is 9.40. The summed E-state index contributed by atoms with van der Waals surface area (Å²) in [4.78, 5) is 57.9. The highest BCUT2D eigenvalue weighted by atomic mass is 16.6. The maximum absolute atomic E-state index is 15.0. The van der Waals surface area contributed by atoms with Gasteiger partial charge in [-0.15, -0.1) is 0 Å². The molecule has 2 fully saturated rings. The highest BCUT2D eigenvalue weighted by Crippen LogP contribution is 2.43. The van der Waals surface area contributed by atoms with Gasteiger partial charge < -0.3 is 34.0 Å². The van der Waals surface area contributed by atoms with E-state index in [1.54, 1.807) is 41.2 Å². The summed E-state index contributed by atoms with van der Waals surface area (Å²) in [5.41, 5.74) is 3.59. The third kappa shape index (κ3) is 7.78. The number of hydrogen-bond acceptors (Lipinski definition) is 7. The summed E-state index contributed by atoms with van der Waals surface area (Å²) in [5.74, 6) is -1.40. The largest absolute Gasteiger partial charge is 0.482 e. The predicted molar refractivity (Wildman–Crippen MR) is 189 cm³/mol. The maximum Gasteiger partial charge on any atom is 0.410 e. The molecule has 0 unspecified atom stereocenters. The van der Waals surface area contributed by atoms with Gasteiger partial charge >= 0.3 is 12.1 Å². The lowest BCUT2D eigenvalue weighted by atomic mass is 9.78. The molecular formula is C39H45N3O8. The number of carbonyl (C=O) groups excluding carboxylic acids is 3. The van der Waals surface area contributed by atoms with E-state index < -0.39 is 23.6 Å². The number of nitrogens with zero attached hydrogens (tertiary/aromatic N) is 3. The number of ether oxygens (including phenoxy) is 3. The molecule has 0 bridgehead atoms. The topological polar surface area (TPSA) is 126 Å². The lowest BCUT2D eigenvalue weighted by Crippen LogP contribution is -2.51. The van der Waals surface area contributed by atoms with Gasteiger partial charge in [0.15, 0.2) is 6.61 Å². The molecule has 1 aliphatic carbocycles. The summed E-state index contributed by atoms with van der Waals surface area (Å²) < 4.78 is 16.7. The van der Waals surface area contributed by atoms with Crippen LogP contribution in [0.1, 0.15) is 68.3 Å². The Bertz CT molecular complexity index is 1750. The number of carbonyl (C=O) groups is 4. The lowest BCUT2D eigenvalue weighted by molar-refractivity contribution is -0.124. The molecular weight excluding hydrogens is 638 g/mol. The maximum atomic E-state index is 15.0. The van der Waals surface area contributed by atoms with Crippen molar-refractivity contribution in [1.82, 2.24) is 4.90 Å². The first-order chi connectivity index (χ1) is 23.9. The van der Waals surface area contributed by atoms with Crippen LogP contribution < -0.4 is 14.5 Å². The Hall–Kier alpha value is -4.90. The van der Waals surface area contributed by atoms with Crippen molar-refractivity contribution in [2.24, 2.45) is 5.92 Å². The van der Waals surface area contributed by atoms with Crippen LogP contribution in [0.5, 0.6) is 5.75 Å². The van der Waals surface area contributed by atoms with E-state index in [9.17, 15) is 24.3 Å². The molecule has 0 spiro atoms. The van der Waals surface area contributed by atoms with Crippen molar-refractivity contribution < 1.29 is 38.5 Å². The van der Waals surface area contributed by atoms with Crippen LogP contribution in [0.2, 0.25) is 0 Å². The molecule has 2 aliphatic heterocycles. The number of fused-ring (bicyclic) bond motifs is 1. The summed E-state index contributed by atoms with van der Waals surface area (Å²) in [6.07, 6.45) is 2.46. The smallest absolute Gasteiger partial charge is 0.410 e. The van der Waals surface area contributed by atoms with E-state index in [0.717, 1.165) is 29.5 Å². The number of aromatic carboxylic acids is 1. The number of amides is 3. The minimum atomic E-state index is -0.986. The van der Waals surface area contributed by atoms with E-state index in [1.807, 2.05) is 62.1 Å². The highest BCUT2D eigenvalue weighted by Gasteiger charge is 2.44. The number of hydrogen-bond donors (Lipinski definition) is 1. The van der Waals surface area contributed by atoms with Gasteiger partial charge in [-0.2, -0.15) is 0 Å². The molecule has 3 amide bonds. The molecule has 2 heterocycles. The van der Waals surface area contributed by atoms with Gasteiger partial charge in [0.1, 0.15) is 11.4 Å². The van der Waals surface area contributed by atoms with Crippen molar-refractivity contribution in [3.63, 3.8) is 0 Å². The number of methoxy groups -OCH3 is 1. The quantitative estimate of drug-likeness (QED) is 0.245. The van der Waals surface area contributed by atoms with Gasteiger partial charge in [0.2, 0.25) is 5.91 Å². The van der Waals surface area contributed by atoms with E-state index in [-0.39, 0.29) is 42.5 Å². The summed E-state index contributed by atoms with van der Waals surface area (Å²) in [5, 5.41) is 9.36. The Morgan fingerprint density at radius 2 is 1.74 bits per heavy atom. The van der Waals surface area contributed by atoms with Crippen molar-refractivity contribution in [1.29, 1.82) is 0 Å². The number of carboxylic acids is 1. The van der Waals surface area contributed by atoms with Gasteiger partial charge in [-0.05, 0) is 99.4 Å². The number of likely N-dealkylation sites (tertiary alicyclic amines) is 1. The molecule has 3 aliphatic rings. The first-order valence-corrected chi connectivity index (χ1v) is 17.2. The molecule has 0 aromatic heterocycles. The zero-order valence-electron chi connectivity index (χ0n) is 29.1. The average molecular weight is 684 g/mol. The van der Waals surface area contributed by atoms with E-state index in [1.165, 1.54) is 0 Å². The van der Waals surface area contributed by atoms with Crippen molar-refractivity contribution in [3.8, 4) is 16.9 Å². The molecule has 264 valence electrons. The fourth-order valence-corrected chi connectivity index (χ4v) is 6.83. The second-order valence-corrected chi connectivity index (χ2v) is 14.2. The molecule has 50 heavy (non-hydrogen) atoms. The van der Waals surface area contributed by atoms with Gasteiger partial charge in [-0.25, -0.2) is 9.59 Å². The van der Waals surface area contributed by atoms with Crippen LogP contribution in [-0.2, 0) is 19.1 Å². The molecule has 3 aromatic rings. The number of piperidine rings is 1. The number of rotatable bonds is 10. The van der Waals surface area contributed by atoms with Gasteiger partial charge in [-0.1, -0.05) is 36.4 Å². The molecule has 3 aromatic carbocycles. The Balaban J connectivity index is 1.34. The molecule has 1 saturated carbocycles. The Kier molecular flexibility index (Phi) is 10.2. The average Bonchev–Trinajstić information content (AvgIpc) is 3.94. The minimum Gasteiger partial charge on any atom is -0.482 e. The van der Waals surface area contributed by atoms with E-state index >= 15 is 0 Å². The summed E-state index contributed by atoms with van der Waals surface area (Å²) in [7, 11) is 1.63. The van der Waals surface area contributed by atoms with Crippen LogP contribution in [0.25, 0.3) is 11.1 Å². The molecule has 11 nitrogen and oxygen atoms in total. The van der Waals surface area contributed by atoms with Gasteiger partial charge in [0.25, 0.3) is 5.91 Å². The lowest BCUT2D eigenvalue weighted by Gasteiger charge is -2.41. The summed E-state index contributed by atoms with van der Waals surface area (Å²) >= 11 is 0. The summed E-state index contributed by atoms with van der Waals surface area (Å²) in [6.45, 7) is 7.03. The van der Waals surface area contributed by atoms with Crippen molar-refractivity contribution in [3.05, 3.63) is 77.9 Å². The Morgan fingerprint density at radius 3 is 2.42 bits per heavy atom. The van der Waals surface area contributed by atoms with Crippen molar-refractivity contribution in [2.75, 3.05) is 49.8 Å². The molecule has 6 rings (SSSR count). The van der Waals surface area contributed by atoms with Crippen LogP contribution in [-0.4, -0.2) is 85.5 Å². The zero-order chi connectivity index (χ0) is 35.6. The second-order valence-electron chi connectivity index (χ2n) is 14.2. The van der Waals surface area contributed by atoms with Gasteiger partial charge in [0.05, 0.1) is 17.2 Å². The number of carboxylic acid groups (broad SMARTS) is 1. The molecule has 1 N–H and O–H groups in total. The highest BCUT2D eigenvalue weighted by molar-refractivity contribution is 6.01. The van der Waals surface area contributed by atoms with E-state index in [0.29, 0.717) is 49.7 Å². The standard InChI is InChI=1S/C39H45N3O8/c1-39(2,3)50-38(47)40-19-17-31(28-8-5-7-27(21-28)25-9-11-26(12-10-25)37(45)46)32(23-40)36(44)42(29-13-14-29)30-15-16-34-33(22-30)41(18-6-20-48-4)35(43)24-49-34/h5,7-12,15-16,21-22,29,31-32H,6,13-14,17-20,23-24H2,1-4H3,(H,45,46)/t31-,32+/m1/s1. The van der Waals surface area contributed by atoms with Crippen molar-refractivity contribution >= 4 is 35.3 Å². The second kappa shape index (κ2) is 14.5. The Labute approximate surface area is 292 Å². The van der Waals surface area contributed by atoms with E-state index in [4.69, 9.17) is 14.2 Å². The van der Waals surface area contributed by atoms with Gasteiger partial charge in [0, 0.05) is 45.1 Å². The van der Waals surface area contributed by atoms with Crippen LogP contribution in [0.15, 0.2) is 66.7 Å². The number of anilines is 2. The van der Waals surface area contributed by atoms with Crippen molar-refractivity contribution in [2.45, 2.75) is 64.0 Å². The third-order valence-electron chi connectivity index (χ3n) is 9.40. The summed E-state index contributed by atoms with van der Waals surface area (Å²) in [6, 6.07) is 20.3. The molecule has 0 radical (unpaired) electrons.